The van der Waals surface area contributed by atoms with Crippen LogP contribution in [-0.2, 0) is 0 Å². The van der Waals surface area contributed by atoms with Gasteiger partial charge in [-0.1, -0.05) is 22.9 Å². The molecule has 1 unspecified atom stereocenters. The molecule has 0 bridgehead atoms. The average Bonchev–Trinajstić information content (AvgIpc) is 2.78. The summed E-state index contributed by atoms with van der Waals surface area (Å²) in [6.45, 7) is 1.98. The molecular formula is C11H12BrN3O. The van der Waals surface area contributed by atoms with Gasteiger partial charge in [0.15, 0.2) is 0 Å². The second-order valence-electron chi connectivity index (χ2n) is 3.47. The largest absolute Gasteiger partial charge is 0.419 e. The van der Waals surface area contributed by atoms with Gasteiger partial charge in [0.25, 0.3) is 0 Å². The molecule has 1 aromatic heterocycles. The maximum Gasteiger partial charge on any atom is 0.247 e. The first-order chi connectivity index (χ1) is 7.70. The third-order valence-electron chi connectivity index (χ3n) is 2.29. The Morgan fingerprint density at radius 3 is 2.62 bits per heavy atom. The predicted octanol–water partition coefficient (Wildman–Crippen LogP) is 2.91. The van der Waals surface area contributed by atoms with Crippen molar-refractivity contribution in [1.29, 1.82) is 0 Å². The van der Waals surface area contributed by atoms with Gasteiger partial charge in [0.05, 0.1) is 6.04 Å². The van der Waals surface area contributed by atoms with Crippen molar-refractivity contribution < 1.29 is 4.42 Å². The number of nitrogens with zero attached hydrogens (tertiary/aromatic N) is 2. The van der Waals surface area contributed by atoms with E-state index in [0.717, 1.165) is 16.5 Å². The molecule has 1 aromatic carbocycles. The highest BCUT2D eigenvalue weighted by atomic mass is 79.9. The molecule has 2 rings (SSSR count). The molecule has 1 atom stereocenters. The van der Waals surface area contributed by atoms with E-state index in [4.69, 9.17) is 10.2 Å². The Morgan fingerprint density at radius 1 is 1.31 bits per heavy atom. The van der Waals surface area contributed by atoms with Gasteiger partial charge in [-0.25, -0.2) is 0 Å². The van der Waals surface area contributed by atoms with E-state index in [9.17, 15) is 0 Å². The highest BCUT2D eigenvalue weighted by Crippen LogP contribution is 2.22. The first kappa shape index (κ1) is 11.3. The number of rotatable bonds is 3. The second-order valence-corrected chi connectivity index (χ2v) is 4.38. The van der Waals surface area contributed by atoms with Crippen molar-refractivity contribution in [3.8, 4) is 11.5 Å². The van der Waals surface area contributed by atoms with Crippen molar-refractivity contribution in [2.75, 3.05) is 0 Å². The minimum atomic E-state index is -0.184. The molecule has 0 saturated heterocycles. The van der Waals surface area contributed by atoms with Gasteiger partial charge in [-0.2, -0.15) is 0 Å². The third kappa shape index (κ3) is 2.31. The normalized spacial score (nSPS) is 12.7. The predicted molar refractivity (Wildman–Crippen MR) is 64.7 cm³/mol. The molecule has 0 saturated carbocycles. The molecule has 0 fully saturated rings. The van der Waals surface area contributed by atoms with Crippen LogP contribution in [-0.4, -0.2) is 10.2 Å². The van der Waals surface area contributed by atoms with Crippen molar-refractivity contribution in [3.63, 3.8) is 0 Å². The Kier molecular flexibility index (Phi) is 3.36. The van der Waals surface area contributed by atoms with Gasteiger partial charge in [-0.3, -0.25) is 0 Å². The lowest BCUT2D eigenvalue weighted by molar-refractivity contribution is 0.452. The molecule has 16 heavy (non-hydrogen) atoms. The fourth-order valence-electron chi connectivity index (χ4n) is 1.27. The van der Waals surface area contributed by atoms with Gasteiger partial charge >= 0.3 is 0 Å². The average molecular weight is 282 g/mol. The summed E-state index contributed by atoms with van der Waals surface area (Å²) in [7, 11) is 0. The van der Waals surface area contributed by atoms with Gasteiger partial charge in [0.2, 0.25) is 11.8 Å². The van der Waals surface area contributed by atoms with Crippen molar-refractivity contribution in [3.05, 3.63) is 34.6 Å². The first-order valence-electron chi connectivity index (χ1n) is 5.05. The molecule has 2 N–H and O–H groups in total. The molecule has 4 nitrogen and oxygen atoms in total. The standard InChI is InChI=1S/C11H12BrN3O/c1-2-9(13)11-15-14-10(16-11)7-3-5-8(12)6-4-7/h3-6,9H,2,13H2,1H3. The van der Waals surface area contributed by atoms with Gasteiger partial charge in [0, 0.05) is 10.0 Å². The Bertz CT molecular complexity index is 466. The highest BCUT2D eigenvalue weighted by Gasteiger charge is 2.13. The fraction of sp³-hybridized carbons (Fsp3) is 0.273. The van der Waals surface area contributed by atoms with Crippen LogP contribution in [0, 0.1) is 0 Å². The molecule has 0 aliphatic rings. The monoisotopic (exact) mass is 281 g/mol. The zero-order valence-corrected chi connectivity index (χ0v) is 10.4. The number of aromatic nitrogens is 2. The van der Waals surface area contributed by atoms with E-state index in [-0.39, 0.29) is 6.04 Å². The molecule has 5 heteroatoms. The quantitative estimate of drug-likeness (QED) is 0.940. The van der Waals surface area contributed by atoms with Gasteiger partial charge < -0.3 is 10.2 Å². The third-order valence-corrected chi connectivity index (χ3v) is 2.82. The summed E-state index contributed by atoms with van der Waals surface area (Å²) in [5.74, 6) is 0.992. The summed E-state index contributed by atoms with van der Waals surface area (Å²) < 4.78 is 6.51. The molecular weight excluding hydrogens is 270 g/mol. The minimum Gasteiger partial charge on any atom is -0.419 e. The van der Waals surface area contributed by atoms with Crippen LogP contribution in [0.3, 0.4) is 0 Å². The highest BCUT2D eigenvalue weighted by molar-refractivity contribution is 9.10. The van der Waals surface area contributed by atoms with Crippen molar-refractivity contribution in [1.82, 2.24) is 10.2 Å². The SMILES string of the molecule is CCC(N)c1nnc(-c2ccc(Br)cc2)o1. The number of hydrogen-bond donors (Lipinski definition) is 1. The van der Waals surface area contributed by atoms with E-state index in [0.29, 0.717) is 11.8 Å². The topological polar surface area (TPSA) is 64.9 Å². The maximum atomic E-state index is 5.81. The fourth-order valence-corrected chi connectivity index (χ4v) is 1.53. The minimum absolute atomic E-state index is 0.184. The van der Waals surface area contributed by atoms with Crippen LogP contribution in [0.1, 0.15) is 25.3 Å². The van der Waals surface area contributed by atoms with E-state index >= 15 is 0 Å². The molecule has 0 aliphatic heterocycles. The lowest BCUT2D eigenvalue weighted by atomic mass is 10.2. The molecule has 0 radical (unpaired) electrons. The maximum absolute atomic E-state index is 5.81. The number of nitrogens with two attached hydrogens (primary N) is 1. The lowest BCUT2D eigenvalue weighted by Crippen LogP contribution is -2.08. The Labute approximate surface area is 102 Å². The molecule has 0 amide bonds. The van der Waals surface area contributed by atoms with E-state index in [1.54, 1.807) is 0 Å². The van der Waals surface area contributed by atoms with Crippen LogP contribution in [0.25, 0.3) is 11.5 Å². The van der Waals surface area contributed by atoms with E-state index in [2.05, 4.69) is 26.1 Å². The number of benzene rings is 1. The summed E-state index contributed by atoms with van der Waals surface area (Å²) in [6.07, 6.45) is 0.780. The Hall–Kier alpha value is -1.20. The van der Waals surface area contributed by atoms with Crippen molar-refractivity contribution in [2.45, 2.75) is 19.4 Å². The van der Waals surface area contributed by atoms with Crippen LogP contribution < -0.4 is 5.73 Å². The molecule has 84 valence electrons. The molecule has 2 aromatic rings. The van der Waals surface area contributed by atoms with Crippen LogP contribution in [0.2, 0.25) is 0 Å². The van der Waals surface area contributed by atoms with E-state index < -0.39 is 0 Å². The van der Waals surface area contributed by atoms with Crippen LogP contribution in [0.15, 0.2) is 33.2 Å². The summed E-state index contributed by atoms with van der Waals surface area (Å²) >= 11 is 3.37. The zero-order valence-electron chi connectivity index (χ0n) is 8.85. The van der Waals surface area contributed by atoms with Crippen LogP contribution in [0.5, 0.6) is 0 Å². The number of hydrogen-bond acceptors (Lipinski definition) is 4. The molecule has 1 heterocycles. The first-order valence-corrected chi connectivity index (χ1v) is 5.85. The summed E-state index contributed by atoms with van der Waals surface area (Å²) in [5, 5.41) is 7.91. The van der Waals surface area contributed by atoms with Gasteiger partial charge in [-0.15, -0.1) is 10.2 Å². The zero-order chi connectivity index (χ0) is 11.5. The van der Waals surface area contributed by atoms with E-state index in [1.807, 2.05) is 31.2 Å². The Morgan fingerprint density at radius 2 is 2.00 bits per heavy atom. The summed E-state index contributed by atoms with van der Waals surface area (Å²) in [6, 6.07) is 7.51. The lowest BCUT2D eigenvalue weighted by Gasteiger charge is -2.00. The van der Waals surface area contributed by atoms with Gasteiger partial charge in [-0.05, 0) is 30.7 Å². The smallest absolute Gasteiger partial charge is 0.247 e. The summed E-state index contributed by atoms with van der Waals surface area (Å²) in [4.78, 5) is 0. The second kappa shape index (κ2) is 4.76. The van der Waals surface area contributed by atoms with Crippen LogP contribution >= 0.6 is 15.9 Å². The van der Waals surface area contributed by atoms with Crippen molar-refractivity contribution in [2.24, 2.45) is 5.73 Å². The molecule has 0 aliphatic carbocycles. The van der Waals surface area contributed by atoms with E-state index in [1.165, 1.54) is 0 Å². The summed E-state index contributed by atoms with van der Waals surface area (Å²) in [5.41, 5.74) is 6.70. The van der Waals surface area contributed by atoms with Gasteiger partial charge in [0.1, 0.15) is 0 Å². The number of halogens is 1. The Balaban J connectivity index is 2.28. The van der Waals surface area contributed by atoms with Crippen molar-refractivity contribution >= 4 is 15.9 Å². The molecule has 0 spiro atoms. The van der Waals surface area contributed by atoms with Crippen LogP contribution in [0.4, 0.5) is 0 Å².